The largest absolute Gasteiger partial charge is 0.316 e. The number of rotatable bonds is 7. The standard InChI is InChI=1S/C16H25BrClN/c1-5-8-19-11-16(4,12(2)3)10-13-6-7-14(17)9-15(13)18/h6-7,9,12,19H,5,8,10-11H2,1-4H3. The van der Waals surface area contributed by atoms with Crippen molar-refractivity contribution in [3.05, 3.63) is 33.3 Å². The van der Waals surface area contributed by atoms with Gasteiger partial charge in [0.05, 0.1) is 0 Å². The zero-order valence-electron chi connectivity index (χ0n) is 12.4. The molecule has 1 N–H and O–H groups in total. The van der Waals surface area contributed by atoms with Crippen LogP contribution in [0.15, 0.2) is 22.7 Å². The Morgan fingerprint density at radius 1 is 1.37 bits per heavy atom. The van der Waals surface area contributed by atoms with Crippen LogP contribution in [0.4, 0.5) is 0 Å². The first-order valence-corrected chi connectivity index (χ1v) is 8.21. The van der Waals surface area contributed by atoms with Gasteiger partial charge in [-0.25, -0.2) is 0 Å². The lowest BCUT2D eigenvalue weighted by Gasteiger charge is -2.34. The fourth-order valence-electron chi connectivity index (χ4n) is 2.12. The minimum atomic E-state index is 0.229. The maximum atomic E-state index is 6.35. The Morgan fingerprint density at radius 2 is 2.05 bits per heavy atom. The molecule has 1 aromatic carbocycles. The molecule has 1 nitrogen and oxygen atoms in total. The van der Waals surface area contributed by atoms with Crippen molar-refractivity contribution in [2.45, 2.75) is 40.5 Å². The van der Waals surface area contributed by atoms with E-state index in [1.165, 1.54) is 12.0 Å². The van der Waals surface area contributed by atoms with E-state index in [1.54, 1.807) is 0 Å². The Bertz CT molecular complexity index is 406. The van der Waals surface area contributed by atoms with Crippen molar-refractivity contribution in [1.82, 2.24) is 5.32 Å². The molecular weight excluding hydrogens is 322 g/mol. The lowest BCUT2D eigenvalue weighted by atomic mass is 9.74. The van der Waals surface area contributed by atoms with Gasteiger partial charge in [-0.3, -0.25) is 0 Å². The summed E-state index contributed by atoms with van der Waals surface area (Å²) in [5.74, 6) is 0.608. The molecule has 0 aliphatic carbocycles. The zero-order chi connectivity index (χ0) is 14.5. The first-order valence-electron chi connectivity index (χ1n) is 7.03. The van der Waals surface area contributed by atoms with Gasteiger partial charge < -0.3 is 5.32 Å². The van der Waals surface area contributed by atoms with Crippen molar-refractivity contribution in [1.29, 1.82) is 0 Å². The van der Waals surface area contributed by atoms with Crippen molar-refractivity contribution in [3.8, 4) is 0 Å². The molecule has 1 atom stereocenters. The molecule has 108 valence electrons. The number of nitrogens with one attached hydrogen (secondary N) is 1. The molecule has 0 saturated heterocycles. The summed E-state index contributed by atoms with van der Waals surface area (Å²) in [7, 11) is 0. The molecule has 0 saturated carbocycles. The predicted molar refractivity (Wildman–Crippen MR) is 89.0 cm³/mol. The van der Waals surface area contributed by atoms with Gasteiger partial charge in [-0.15, -0.1) is 0 Å². The lowest BCUT2D eigenvalue weighted by Crippen LogP contribution is -2.38. The van der Waals surface area contributed by atoms with E-state index in [2.05, 4.69) is 61.1 Å². The fraction of sp³-hybridized carbons (Fsp3) is 0.625. The summed E-state index contributed by atoms with van der Waals surface area (Å²) < 4.78 is 1.04. The van der Waals surface area contributed by atoms with Crippen LogP contribution in [0.2, 0.25) is 5.02 Å². The molecule has 1 unspecified atom stereocenters. The summed E-state index contributed by atoms with van der Waals surface area (Å²) in [5, 5.41) is 4.41. The van der Waals surface area contributed by atoms with Crippen molar-refractivity contribution in [2.24, 2.45) is 11.3 Å². The fourth-order valence-corrected chi connectivity index (χ4v) is 2.86. The quantitative estimate of drug-likeness (QED) is 0.660. The van der Waals surface area contributed by atoms with Crippen LogP contribution in [0.1, 0.15) is 39.7 Å². The third kappa shape index (κ3) is 5.09. The van der Waals surface area contributed by atoms with Crippen molar-refractivity contribution in [2.75, 3.05) is 13.1 Å². The van der Waals surface area contributed by atoms with Crippen LogP contribution in [-0.4, -0.2) is 13.1 Å². The lowest BCUT2D eigenvalue weighted by molar-refractivity contribution is 0.208. The summed E-state index contributed by atoms with van der Waals surface area (Å²) in [6.45, 7) is 11.2. The molecule has 0 heterocycles. The van der Waals surface area contributed by atoms with Crippen molar-refractivity contribution >= 4 is 27.5 Å². The Kier molecular flexibility index (Phi) is 6.85. The van der Waals surface area contributed by atoms with E-state index in [0.29, 0.717) is 5.92 Å². The summed E-state index contributed by atoms with van der Waals surface area (Å²) in [4.78, 5) is 0. The van der Waals surface area contributed by atoms with E-state index in [4.69, 9.17) is 11.6 Å². The van der Waals surface area contributed by atoms with Gasteiger partial charge in [0.2, 0.25) is 0 Å². The van der Waals surface area contributed by atoms with Gasteiger partial charge in [-0.05, 0) is 48.4 Å². The Morgan fingerprint density at radius 3 is 2.58 bits per heavy atom. The molecule has 0 radical (unpaired) electrons. The highest BCUT2D eigenvalue weighted by molar-refractivity contribution is 9.10. The van der Waals surface area contributed by atoms with Gasteiger partial charge in [0.1, 0.15) is 0 Å². The molecular formula is C16H25BrClN. The van der Waals surface area contributed by atoms with Crippen LogP contribution < -0.4 is 5.32 Å². The SMILES string of the molecule is CCCNCC(C)(Cc1ccc(Br)cc1Cl)C(C)C. The minimum Gasteiger partial charge on any atom is -0.316 e. The van der Waals surface area contributed by atoms with E-state index in [1.807, 2.05) is 6.07 Å². The van der Waals surface area contributed by atoms with Crippen LogP contribution in [-0.2, 0) is 6.42 Å². The van der Waals surface area contributed by atoms with Crippen LogP contribution >= 0.6 is 27.5 Å². The second-order valence-electron chi connectivity index (χ2n) is 5.90. The highest BCUT2D eigenvalue weighted by atomic mass is 79.9. The Balaban J connectivity index is 2.82. The van der Waals surface area contributed by atoms with Gasteiger partial charge in [0.25, 0.3) is 0 Å². The molecule has 0 aromatic heterocycles. The molecule has 0 spiro atoms. The average molecular weight is 347 g/mol. The highest BCUT2D eigenvalue weighted by Gasteiger charge is 2.28. The third-order valence-electron chi connectivity index (χ3n) is 3.96. The van der Waals surface area contributed by atoms with Gasteiger partial charge in [-0.2, -0.15) is 0 Å². The molecule has 0 fully saturated rings. The van der Waals surface area contributed by atoms with Crippen LogP contribution in [0.25, 0.3) is 0 Å². The van der Waals surface area contributed by atoms with Crippen LogP contribution in [0, 0.1) is 11.3 Å². The zero-order valence-corrected chi connectivity index (χ0v) is 14.7. The van der Waals surface area contributed by atoms with E-state index in [-0.39, 0.29) is 5.41 Å². The second-order valence-corrected chi connectivity index (χ2v) is 7.22. The topological polar surface area (TPSA) is 12.0 Å². The maximum Gasteiger partial charge on any atom is 0.0449 e. The van der Waals surface area contributed by atoms with Crippen molar-refractivity contribution < 1.29 is 0 Å². The van der Waals surface area contributed by atoms with Gasteiger partial charge >= 0.3 is 0 Å². The first-order chi connectivity index (χ1) is 8.89. The van der Waals surface area contributed by atoms with Gasteiger partial charge in [0.15, 0.2) is 0 Å². The van der Waals surface area contributed by atoms with E-state index in [0.717, 1.165) is 29.0 Å². The van der Waals surface area contributed by atoms with Gasteiger partial charge in [0, 0.05) is 16.0 Å². The van der Waals surface area contributed by atoms with Gasteiger partial charge in [-0.1, -0.05) is 61.3 Å². The number of halogens is 2. The highest BCUT2D eigenvalue weighted by Crippen LogP contribution is 2.34. The molecule has 3 heteroatoms. The van der Waals surface area contributed by atoms with E-state index in [9.17, 15) is 0 Å². The van der Waals surface area contributed by atoms with E-state index < -0.39 is 0 Å². The normalized spacial score (nSPS) is 14.7. The van der Waals surface area contributed by atoms with Crippen molar-refractivity contribution in [3.63, 3.8) is 0 Å². The number of hydrogen-bond acceptors (Lipinski definition) is 1. The smallest absolute Gasteiger partial charge is 0.0449 e. The summed E-state index contributed by atoms with van der Waals surface area (Å²) in [6.07, 6.45) is 2.18. The number of benzene rings is 1. The molecule has 0 amide bonds. The predicted octanol–water partition coefficient (Wildman–Crippen LogP) is 5.31. The van der Waals surface area contributed by atoms with E-state index >= 15 is 0 Å². The van der Waals surface area contributed by atoms with Crippen LogP contribution in [0.3, 0.4) is 0 Å². The molecule has 1 rings (SSSR count). The molecule has 1 aromatic rings. The monoisotopic (exact) mass is 345 g/mol. The van der Waals surface area contributed by atoms with Crippen LogP contribution in [0.5, 0.6) is 0 Å². The minimum absolute atomic E-state index is 0.229. The third-order valence-corrected chi connectivity index (χ3v) is 4.80. The molecule has 0 bridgehead atoms. The first kappa shape index (κ1) is 17.0. The maximum absolute atomic E-state index is 6.35. The molecule has 19 heavy (non-hydrogen) atoms. The second kappa shape index (κ2) is 7.66. The molecule has 0 aliphatic rings. The average Bonchev–Trinajstić information content (AvgIpc) is 2.33. The summed E-state index contributed by atoms with van der Waals surface area (Å²) in [6, 6.07) is 6.19. The summed E-state index contributed by atoms with van der Waals surface area (Å²) >= 11 is 9.81. The summed E-state index contributed by atoms with van der Waals surface area (Å²) in [5.41, 5.74) is 1.46. The molecule has 0 aliphatic heterocycles. The Labute approximate surface area is 131 Å². The Hall–Kier alpha value is -0.0500. The number of hydrogen-bond donors (Lipinski definition) is 1.